The summed E-state index contributed by atoms with van der Waals surface area (Å²) in [6, 6.07) is 11.4. The number of hydrogen-bond donors (Lipinski definition) is 1. The first-order valence-corrected chi connectivity index (χ1v) is 7.98. The minimum absolute atomic E-state index is 0.247. The monoisotopic (exact) mass is 351 g/mol. The Labute approximate surface area is 144 Å². The summed E-state index contributed by atoms with van der Waals surface area (Å²) in [7, 11) is 0. The van der Waals surface area contributed by atoms with Crippen LogP contribution in [-0.4, -0.2) is 12.6 Å². The Kier molecular flexibility index (Phi) is 6.07. The molecule has 0 saturated carbocycles. The van der Waals surface area contributed by atoms with Crippen LogP contribution in [0.3, 0.4) is 0 Å². The van der Waals surface area contributed by atoms with Crippen LogP contribution < -0.4 is 5.32 Å². The molecule has 0 saturated heterocycles. The summed E-state index contributed by atoms with van der Waals surface area (Å²) in [5.74, 6) is -0.0954. The van der Waals surface area contributed by atoms with Crippen LogP contribution in [0.5, 0.6) is 0 Å². The van der Waals surface area contributed by atoms with E-state index in [-0.39, 0.29) is 11.3 Å². The fourth-order valence-electron chi connectivity index (χ4n) is 2.16. The van der Waals surface area contributed by atoms with Gasteiger partial charge in [0.15, 0.2) is 0 Å². The molecular weight excluding hydrogens is 331 g/mol. The van der Waals surface area contributed by atoms with E-state index in [9.17, 15) is 18.0 Å². The highest BCUT2D eigenvalue weighted by atomic mass is 19.4. The Morgan fingerprint density at radius 1 is 1.12 bits per heavy atom. The fourth-order valence-corrected chi connectivity index (χ4v) is 2.16. The van der Waals surface area contributed by atoms with Gasteiger partial charge in [-0.2, -0.15) is 13.2 Å². The predicted octanol–water partition coefficient (Wildman–Crippen LogP) is 5.65. The first-order valence-electron chi connectivity index (χ1n) is 7.98. The molecule has 0 aliphatic carbocycles. The van der Waals surface area contributed by atoms with Gasteiger partial charge in [0, 0.05) is 5.69 Å². The molecule has 2 aromatic rings. The van der Waals surface area contributed by atoms with Crippen molar-refractivity contribution in [2.24, 2.45) is 5.92 Å². The van der Waals surface area contributed by atoms with E-state index in [1.807, 2.05) is 13.8 Å². The van der Waals surface area contributed by atoms with Gasteiger partial charge in [0.05, 0.1) is 23.4 Å². The molecule has 0 bridgehead atoms. The zero-order chi connectivity index (χ0) is 18.4. The van der Waals surface area contributed by atoms with Crippen LogP contribution in [0.2, 0.25) is 0 Å². The third kappa shape index (κ3) is 5.52. The van der Waals surface area contributed by atoms with Crippen molar-refractivity contribution in [2.45, 2.75) is 26.4 Å². The summed E-state index contributed by atoms with van der Waals surface area (Å²) in [5.41, 5.74) is 0.173. The first kappa shape index (κ1) is 18.8. The van der Waals surface area contributed by atoms with E-state index >= 15 is 0 Å². The summed E-state index contributed by atoms with van der Waals surface area (Å²) < 4.78 is 43.7. The van der Waals surface area contributed by atoms with Crippen molar-refractivity contribution in [3.63, 3.8) is 0 Å². The van der Waals surface area contributed by atoms with Gasteiger partial charge in [-0.05, 0) is 42.7 Å². The van der Waals surface area contributed by atoms with Gasteiger partial charge in [-0.15, -0.1) is 0 Å². The van der Waals surface area contributed by atoms with Gasteiger partial charge in [-0.25, -0.2) is 4.79 Å². The summed E-state index contributed by atoms with van der Waals surface area (Å²) in [6.07, 6.45) is -3.68. The van der Waals surface area contributed by atoms with Crippen LogP contribution in [-0.2, 0) is 10.9 Å². The molecule has 134 valence electrons. The number of para-hydroxylation sites is 1. The van der Waals surface area contributed by atoms with Gasteiger partial charge in [0.25, 0.3) is 0 Å². The number of hydrogen-bond acceptors (Lipinski definition) is 3. The van der Waals surface area contributed by atoms with Crippen molar-refractivity contribution in [2.75, 3.05) is 11.9 Å². The van der Waals surface area contributed by atoms with E-state index in [1.165, 1.54) is 12.1 Å². The third-order valence-electron chi connectivity index (χ3n) is 3.54. The summed E-state index contributed by atoms with van der Waals surface area (Å²) >= 11 is 0. The number of rotatable bonds is 6. The predicted molar refractivity (Wildman–Crippen MR) is 90.9 cm³/mol. The van der Waals surface area contributed by atoms with Crippen LogP contribution in [0.1, 0.15) is 36.2 Å². The number of nitrogens with one attached hydrogen (secondary N) is 1. The standard InChI is InChI=1S/C19H20F3NO2/c1-13(2)10-11-25-18(24)16-8-3-4-9-17(16)23-15-7-5-6-14(12-15)19(20,21)22/h3-9,12-13,23H,10-11H2,1-2H3. The Hall–Kier alpha value is -2.50. The summed E-state index contributed by atoms with van der Waals surface area (Å²) in [4.78, 5) is 12.2. The number of alkyl halides is 3. The highest BCUT2D eigenvalue weighted by Gasteiger charge is 2.30. The minimum Gasteiger partial charge on any atom is -0.462 e. The molecule has 0 unspecified atom stereocenters. The zero-order valence-electron chi connectivity index (χ0n) is 14.1. The molecule has 0 amide bonds. The highest BCUT2D eigenvalue weighted by Crippen LogP contribution is 2.32. The second-order valence-electron chi connectivity index (χ2n) is 6.07. The molecule has 2 aromatic carbocycles. The van der Waals surface area contributed by atoms with Crippen LogP contribution in [0.4, 0.5) is 24.5 Å². The molecule has 0 aliphatic rings. The number of esters is 1. The Morgan fingerprint density at radius 2 is 1.84 bits per heavy atom. The maximum atomic E-state index is 12.8. The molecule has 0 aromatic heterocycles. The molecule has 25 heavy (non-hydrogen) atoms. The molecule has 0 aliphatic heterocycles. The molecule has 0 atom stereocenters. The number of anilines is 2. The lowest BCUT2D eigenvalue weighted by Crippen LogP contribution is -2.10. The van der Waals surface area contributed by atoms with Gasteiger partial charge in [0.2, 0.25) is 0 Å². The Bertz CT molecular complexity index is 727. The van der Waals surface area contributed by atoms with E-state index in [4.69, 9.17) is 4.74 Å². The quantitative estimate of drug-likeness (QED) is 0.683. The number of carbonyl (C=O) groups is 1. The van der Waals surface area contributed by atoms with Crippen LogP contribution in [0.15, 0.2) is 48.5 Å². The Morgan fingerprint density at radius 3 is 2.52 bits per heavy atom. The second-order valence-corrected chi connectivity index (χ2v) is 6.07. The van der Waals surface area contributed by atoms with Crippen LogP contribution in [0, 0.1) is 5.92 Å². The smallest absolute Gasteiger partial charge is 0.416 e. The largest absolute Gasteiger partial charge is 0.462 e. The van der Waals surface area contributed by atoms with E-state index < -0.39 is 17.7 Å². The minimum atomic E-state index is -4.42. The lowest BCUT2D eigenvalue weighted by atomic mass is 10.1. The van der Waals surface area contributed by atoms with E-state index in [2.05, 4.69) is 5.32 Å². The lowest BCUT2D eigenvalue weighted by molar-refractivity contribution is -0.137. The fraction of sp³-hybridized carbons (Fsp3) is 0.316. The molecule has 0 fully saturated rings. The molecule has 0 heterocycles. The number of benzene rings is 2. The average molecular weight is 351 g/mol. The highest BCUT2D eigenvalue weighted by molar-refractivity contribution is 5.96. The number of carbonyl (C=O) groups excluding carboxylic acids is 1. The van der Waals surface area contributed by atoms with Crippen molar-refractivity contribution >= 4 is 17.3 Å². The van der Waals surface area contributed by atoms with Crippen molar-refractivity contribution in [3.8, 4) is 0 Å². The molecular formula is C19H20F3NO2. The average Bonchev–Trinajstić information content (AvgIpc) is 2.54. The zero-order valence-corrected chi connectivity index (χ0v) is 14.1. The summed E-state index contributed by atoms with van der Waals surface area (Å²) in [5, 5.41) is 2.86. The second kappa shape index (κ2) is 8.05. The van der Waals surface area contributed by atoms with Crippen molar-refractivity contribution in [1.29, 1.82) is 0 Å². The lowest BCUT2D eigenvalue weighted by Gasteiger charge is -2.14. The van der Waals surface area contributed by atoms with E-state index in [0.717, 1.165) is 18.6 Å². The number of ether oxygens (including phenoxy) is 1. The molecule has 2 rings (SSSR count). The first-order chi connectivity index (χ1) is 11.8. The van der Waals surface area contributed by atoms with Crippen LogP contribution >= 0.6 is 0 Å². The van der Waals surface area contributed by atoms with Gasteiger partial charge in [-0.3, -0.25) is 0 Å². The van der Waals surface area contributed by atoms with Crippen molar-refractivity contribution < 1.29 is 22.7 Å². The molecule has 0 spiro atoms. The maximum absolute atomic E-state index is 12.8. The van der Waals surface area contributed by atoms with Crippen molar-refractivity contribution in [3.05, 3.63) is 59.7 Å². The van der Waals surface area contributed by atoms with E-state index in [1.54, 1.807) is 24.3 Å². The van der Waals surface area contributed by atoms with Crippen molar-refractivity contribution in [1.82, 2.24) is 0 Å². The Balaban J connectivity index is 2.17. The molecule has 1 N–H and O–H groups in total. The van der Waals surface area contributed by atoms with Crippen LogP contribution in [0.25, 0.3) is 0 Å². The van der Waals surface area contributed by atoms with Gasteiger partial charge < -0.3 is 10.1 Å². The topological polar surface area (TPSA) is 38.3 Å². The van der Waals surface area contributed by atoms with Gasteiger partial charge in [0.1, 0.15) is 0 Å². The van der Waals surface area contributed by atoms with E-state index in [0.29, 0.717) is 18.2 Å². The normalized spacial score (nSPS) is 11.4. The molecule has 3 nitrogen and oxygen atoms in total. The number of halogens is 3. The molecule has 0 radical (unpaired) electrons. The van der Waals surface area contributed by atoms with Gasteiger partial charge >= 0.3 is 12.1 Å². The third-order valence-corrected chi connectivity index (χ3v) is 3.54. The SMILES string of the molecule is CC(C)CCOC(=O)c1ccccc1Nc1cccc(C(F)(F)F)c1. The maximum Gasteiger partial charge on any atom is 0.416 e. The summed E-state index contributed by atoms with van der Waals surface area (Å²) in [6.45, 7) is 4.35. The van der Waals surface area contributed by atoms with Gasteiger partial charge in [-0.1, -0.05) is 32.0 Å². The molecule has 6 heteroatoms.